The third-order valence-electron chi connectivity index (χ3n) is 4.25. The standard InChI is InChI=1S/C18H17N3O/c1-12-11-20-8-7-15(10-17(20)19-12)18(22)21-13(2)9-14-5-3-4-6-16(14)21/h3-8,10-11,13H,9H2,1-2H3. The first-order valence-corrected chi connectivity index (χ1v) is 7.50. The topological polar surface area (TPSA) is 37.6 Å². The second-order valence-electron chi connectivity index (χ2n) is 5.92. The number of hydrogen-bond acceptors (Lipinski definition) is 2. The third kappa shape index (κ3) is 1.91. The summed E-state index contributed by atoms with van der Waals surface area (Å²) in [5.41, 5.74) is 4.70. The predicted molar refractivity (Wildman–Crippen MR) is 86.3 cm³/mol. The zero-order valence-corrected chi connectivity index (χ0v) is 12.7. The second kappa shape index (κ2) is 4.70. The molecule has 0 N–H and O–H groups in total. The molecule has 3 aromatic rings. The van der Waals surface area contributed by atoms with E-state index < -0.39 is 0 Å². The van der Waals surface area contributed by atoms with Gasteiger partial charge in [0, 0.05) is 29.7 Å². The van der Waals surface area contributed by atoms with Crippen LogP contribution in [0.2, 0.25) is 0 Å². The van der Waals surface area contributed by atoms with Crippen LogP contribution in [0.5, 0.6) is 0 Å². The summed E-state index contributed by atoms with van der Waals surface area (Å²) in [7, 11) is 0. The van der Waals surface area contributed by atoms with Crippen molar-refractivity contribution < 1.29 is 4.79 Å². The van der Waals surface area contributed by atoms with Gasteiger partial charge in [0.05, 0.1) is 5.69 Å². The second-order valence-corrected chi connectivity index (χ2v) is 5.92. The lowest BCUT2D eigenvalue weighted by molar-refractivity contribution is 0.0981. The van der Waals surface area contributed by atoms with Crippen molar-refractivity contribution in [3.63, 3.8) is 0 Å². The molecule has 4 rings (SSSR count). The molecule has 1 aliphatic rings. The molecule has 1 aromatic carbocycles. The van der Waals surface area contributed by atoms with Gasteiger partial charge in [-0.05, 0) is 44.0 Å². The molecule has 4 nitrogen and oxygen atoms in total. The SMILES string of the molecule is Cc1cn2ccc(C(=O)N3c4ccccc4CC3C)cc2n1. The number of carbonyl (C=O) groups is 1. The van der Waals surface area contributed by atoms with E-state index in [2.05, 4.69) is 18.0 Å². The van der Waals surface area contributed by atoms with Crippen molar-refractivity contribution >= 4 is 17.2 Å². The van der Waals surface area contributed by atoms with Crippen molar-refractivity contribution in [1.82, 2.24) is 9.38 Å². The molecule has 0 aliphatic carbocycles. The van der Waals surface area contributed by atoms with E-state index in [4.69, 9.17) is 0 Å². The van der Waals surface area contributed by atoms with Crippen LogP contribution in [-0.4, -0.2) is 21.3 Å². The van der Waals surface area contributed by atoms with Crippen LogP contribution in [0, 0.1) is 6.92 Å². The predicted octanol–water partition coefficient (Wildman–Crippen LogP) is 3.23. The van der Waals surface area contributed by atoms with E-state index in [9.17, 15) is 4.79 Å². The summed E-state index contributed by atoms with van der Waals surface area (Å²) in [4.78, 5) is 19.3. The molecule has 1 amide bonds. The lowest BCUT2D eigenvalue weighted by atomic mass is 10.1. The Bertz CT molecular complexity index is 881. The van der Waals surface area contributed by atoms with E-state index in [1.807, 2.05) is 58.9 Å². The van der Waals surface area contributed by atoms with E-state index in [0.29, 0.717) is 5.56 Å². The number of hydrogen-bond donors (Lipinski definition) is 0. The Morgan fingerprint density at radius 3 is 2.95 bits per heavy atom. The van der Waals surface area contributed by atoms with Gasteiger partial charge in [0.1, 0.15) is 5.65 Å². The number of imidazole rings is 1. The maximum absolute atomic E-state index is 13.0. The minimum atomic E-state index is 0.0422. The summed E-state index contributed by atoms with van der Waals surface area (Å²) in [6.07, 6.45) is 4.76. The van der Waals surface area contributed by atoms with E-state index >= 15 is 0 Å². The number of nitrogens with zero attached hydrogens (tertiary/aromatic N) is 3. The molecule has 0 spiro atoms. The molecule has 0 bridgehead atoms. The van der Waals surface area contributed by atoms with Gasteiger partial charge in [0.15, 0.2) is 0 Å². The molecular formula is C18H17N3O. The fourth-order valence-electron chi connectivity index (χ4n) is 3.26. The Hall–Kier alpha value is -2.62. The lowest BCUT2D eigenvalue weighted by Crippen LogP contribution is -2.35. The Morgan fingerprint density at radius 2 is 2.09 bits per heavy atom. The van der Waals surface area contributed by atoms with Crippen molar-refractivity contribution in [1.29, 1.82) is 0 Å². The molecule has 4 heteroatoms. The number of aromatic nitrogens is 2. The minimum absolute atomic E-state index is 0.0422. The van der Waals surface area contributed by atoms with Crippen molar-refractivity contribution in [2.24, 2.45) is 0 Å². The number of pyridine rings is 1. The van der Waals surface area contributed by atoms with Gasteiger partial charge in [-0.25, -0.2) is 4.98 Å². The maximum Gasteiger partial charge on any atom is 0.258 e. The van der Waals surface area contributed by atoms with Crippen LogP contribution in [0.15, 0.2) is 48.8 Å². The zero-order chi connectivity index (χ0) is 15.3. The molecule has 0 fully saturated rings. The summed E-state index contributed by atoms with van der Waals surface area (Å²) in [5, 5.41) is 0. The first-order chi connectivity index (χ1) is 10.6. The number of para-hydroxylation sites is 1. The Balaban J connectivity index is 1.76. The van der Waals surface area contributed by atoms with Crippen molar-refractivity contribution in [3.05, 3.63) is 65.6 Å². The first-order valence-electron chi connectivity index (χ1n) is 7.50. The highest BCUT2D eigenvalue weighted by Gasteiger charge is 2.31. The van der Waals surface area contributed by atoms with E-state index in [-0.39, 0.29) is 11.9 Å². The van der Waals surface area contributed by atoms with E-state index in [1.165, 1.54) is 5.56 Å². The molecule has 110 valence electrons. The highest BCUT2D eigenvalue weighted by atomic mass is 16.2. The summed E-state index contributed by atoms with van der Waals surface area (Å²) in [6, 6.07) is 12.0. The summed E-state index contributed by atoms with van der Waals surface area (Å²) < 4.78 is 1.94. The fraction of sp³-hybridized carbons (Fsp3) is 0.222. The van der Waals surface area contributed by atoms with Crippen LogP contribution in [0.25, 0.3) is 5.65 Å². The Labute approximate surface area is 129 Å². The molecule has 1 unspecified atom stereocenters. The molecule has 22 heavy (non-hydrogen) atoms. The highest BCUT2D eigenvalue weighted by Crippen LogP contribution is 2.33. The molecule has 0 saturated heterocycles. The number of anilines is 1. The number of benzene rings is 1. The van der Waals surface area contributed by atoms with E-state index in [1.54, 1.807) is 0 Å². The highest BCUT2D eigenvalue weighted by molar-refractivity contribution is 6.08. The molecule has 1 atom stereocenters. The van der Waals surface area contributed by atoms with Crippen LogP contribution in [-0.2, 0) is 6.42 Å². The van der Waals surface area contributed by atoms with Gasteiger partial charge in [-0.1, -0.05) is 18.2 Å². The Kier molecular flexibility index (Phi) is 2.79. The number of fused-ring (bicyclic) bond motifs is 2. The number of rotatable bonds is 1. The largest absolute Gasteiger partial charge is 0.307 e. The third-order valence-corrected chi connectivity index (χ3v) is 4.25. The molecular weight excluding hydrogens is 274 g/mol. The van der Waals surface area contributed by atoms with Crippen molar-refractivity contribution in [2.75, 3.05) is 4.90 Å². The molecule has 2 aromatic heterocycles. The molecule has 0 saturated carbocycles. The van der Waals surface area contributed by atoms with Gasteiger partial charge in [0.2, 0.25) is 0 Å². The van der Waals surface area contributed by atoms with Gasteiger partial charge < -0.3 is 9.30 Å². The lowest BCUT2D eigenvalue weighted by Gasteiger charge is -2.22. The van der Waals surface area contributed by atoms with Crippen molar-refractivity contribution in [3.8, 4) is 0 Å². The van der Waals surface area contributed by atoms with E-state index in [0.717, 1.165) is 23.4 Å². The fourth-order valence-corrected chi connectivity index (χ4v) is 3.26. The Morgan fingerprint density at radius 1 is 1.27 bits per heavy atom. The average Bonchev–Trinajstić information content (AvgIpc) is 3.03. The summed E-state index contributed by atoms with van der Waals surface area (Å²) in [6.45, 7) is 4.05. The first kappa shape index (κ1) is 13.1. The average molecular weight is 291 g/mol. The van der Waals surface area contributed by atoms with Crippen LogP contribution in [0.4, 0.5) is 5.69 Å². The van der Waals surface area contributed by atoms with Crippen LogP contribution in [0.1, 0.15) is 28.5 Å². The summed E-state index contributed by atoms with van der Waals surface area (Å²) in [5.74, 6) is 0.0422. The quantitative estimate of drug-likeness (QED) is 0.690. The van der Waals surface area contributed by atoms with Crippen molar-refractivity contribution in [2.45, 2.75) is 26.3 Å². The normalized spacial score (nSPS) is 17.0. The minimum Gasteiger partial charge on any atom is -0.307 e. The number of carbonyl (C=O) groups excluding carboxylic acids is 1. The molecule has 1 aliphatic heterocycles. The smallest absolute Gasteiger partial charge is 0.258 e. The zero-order valence-electron chi connectivity index (χ0n) is 12.7. The van der Waals surface area contributed by atoms with Gasteiger partial charge >= 0.3 is 0 Å². The molecule has 0 radical (unpaired) electrons. The monoisotopic (exact) mass is 291 g/mol. The summed E-state index contributed by atoms with van der Waals surface area (Å²) >= 11 is 0. The van der Waals surface area contributed by atoms with Crippen LogP contribution in [0.3, 0.4) is 0 Å². The van der Waals surface area contributed by atoms with Crippen LogP contribution < -0.4 is 4.90 Å². The van der Waals surface area contributed by atoms with Crippen LogP contribution >= 0.6 is 0 Å². The molecule has 3 heterocycles. The van der Waals surface area contributed by atoms with Gasteiger partial charge in [-0.15, -0.1) is 0 Å². The maximum atomic E-state index is 13.0. The number of amides is 1. The van der Waals surface area contributed by atoms with Gasteiger partial charge in [0.25, 0.3) is 5.91 Å². The number of aryl methyl sites for hydroxylation is 1. The van der Waals surface area contributed by atoms with Gasteiger partial charge in [-0.2, -0.15) is 0 Å². The van der Waals surface area contributed by atoms with Gasteiger partial charge in [-0.3, -0.25) is 4.79 Å².